The molecule has 0 aliphatic carbocycles. The van der Waals surface area contributed by atoms with Crippen LogP contribution in [0.25, 0.3) is 11.3 Å². The molecule has 1 fully saturated rings. The van der Waals surface area contributed by atoms with E-state index in [4.69, 9.17) is 4.74 Å². The second kappa shape index (κ2) is 8.64. The molecular weight excluding hydrogens is 387 g/mol. The summed E-state index contributed by atoms with van der Waals surface area (Å²) in [5.41, 5.74) is 0.335. The van der Waals surface area contributed by atoms with Crippen LogP contribution in [0.4, 0.5) is 29.6 Å². The smallest absolute Gasteiger partial charge is 0.416 e. The first-order valence-corrected chi connectivity index (χ1v) is 9.39. The second-order valence-corrected chi connectivity index (χ2v) is 6.22. The minimum Gasteiger partial charge on any atom is -0.444 e. The number of pyridine rings is 2. The van der Waals surface area contributed by atoms with Gasteiger partial charge in [0.2, 0.25) is 0 Å². The van der Waals surface area contributed by atoms with Gasteiger partial charge in [-0.3, -0.25) is 5.32 Å². The van der Waals surface area contributed by atoms with Gasteiger partial charge < -0.3 is 15.0 Å². The molecule has 0 atom stereocenters. The Balaban J connectivity index is 0.00000117. The Morgan fingerprint density at radius 2 is 1.90 bits per heavy atom. The first-order valence-electron chi connectivity index (χ1n) is 9.39. The summed E-state index contributed by atoms with van der Waals surface area (Å²) >= 11 is 0. The van der Waals surface area contributed by atoms with E-state index in [1.165, 1.54) is 6.20 Å². The highest BCUT2D eigenvalue weighted by Gasteiger charge is 2.33. The van der Waals surface area contributed by atoms with E-state index in [-0.39, 0.29) is 23.9 Å². The SMILES string of the molecule is CC.O=C1Nc2nccc(-c3cc(C(F)(F)F)cc(N4CCNCC4)n3)c2CO1. The van der Waals surface area contributed by atoms with Crippen molar-refractivity contribution in [2.45, 2.75) is 26.6 Å². The van der Waals surface area contributed by atoms with Crippen LogP contribution in [0.5, 0.6) is 0 Å². The summed E-state index contributed by atoms with van der Waals surface area (Å²) < 4.78 is 45.4. The largest absolute Gasteiger partial charge is 0.444 e. The lowest BCUT2D eigenvalue weighted by Crippen LogP contribution is -2.44. The van der Waals surface area contributed by atoms with Gasteiger partial charge in [0, 0.05) is 43.5 Å². The molecule has 29 heavy (non-hydrogen) atoms. The van der Waals surface area contributed by atoms with E-state index in [9.17, 15) is 18.0 Å². The Bertz CT molecular complexity index is 883. The molecule has 0 bridgehead atoms. The number of carbonyl (C=O) groups is 1. The predicted octanol–water partition coefficient (Wildman–Crippen LogP) is 3.66. The summed E-state index contributed by atoms with van der Waals surface area (Å²) in [5, 5.41) is 5.62. The van der Waals surface area contributed by atoms with E-state index >= 15 is 0 Å². The Kier molecular flexibility index (Phi) is 6.21. The lowest BCUT2D eigenvalue weighted by atomic mass is 10.0. The average Bonchev–Trinajstić information content (AvgIpc) is 2.74. The summed E-state index contributed by atoms with van der Waals surface area (Å²) in [7, 11) is 0. The number of hydrogen-bond acceptors (Lipinski definition) is 6. The normalized spacial score (nSPS) is 16.2. The topological polar surface area (TPSA) is 79.4 Å². The van der Waals surface area contributed by atoms with Crippen LogP contribution in [0, 0.1) is 0 Å². The third kappa shape index (κ3) is 4.58. The number of hydrogen-bond donors (Lipinski definition) is 2. The van der Waals surface area contributed by atoms with Crippen molar-refractivity contribution in [2.24, 2.45) is 0 Å². The zero-order valence-electron chi connectivity index (χ0n) is 16.1. The first kappa shape index (κ1) is 20.8. The summed E-state index contributed by atoms with van der Waals surface area (Å²) in [6.45, 7) is 6.42. The monoisotopic (exact) mass is 409 g/mol. The number of halogens is 3. The molecule has 0 saturated carbocycles. The molecule has 2 N–H and O–H groups in total. The van der Waals surface area contributed by atoms with Crippen LogP contribution >= 0.6 is 0 Å². The van der Waals surface area contributed by atoms with Crippen molar-refractivity contribution in [3.63, 3.8) is 0 Å². The number of nitrogens with one attached hydrogen (secondary N) is 2. The van der Waals surface area contributed by atoms with Crippen molar-refractivity contribution in [2.75, 3.05) is 36.4 Å². The Labute approximate surface area is 166 Å². The molecule has 0 unspecified atom stereocenters. The third-order valence-electron chi connectivity index (χ3n) is 4.48. The second-order valence-electron chi connectivity index (χ2n) is 6.22. The van der Waals surface area contributed by atoms with Crippen LogP contribution in [0.2, 0.25) is 0 Å². The van der Waals surface area contributed by atoms with Gasteiger partial charge in [0.05, 0.1) is 11.3 Å². The molecule has 0 radical (unpaired) electrons. The van der Waals surface area contributed by atoms with Crippen LogP contribution in [0.3, 0.4) is 0 Å². The molecule has 2 aliphatic heterocycles. The first-order chi connectivity index (χ1) is 13.9. The number of ether oxygens (including phenoxy) is 1. The Morgan fingerprint density at radius 1 is 1.17 bits per heavy atom. The van der Waals surface area contributed by atoms with Crippen molar-refractivity contribution in [1.29, 1.82) is 0 Å². The number of cyclic esters (lactones) is 1. The molecule has 2 aliphatic rings. The molecule has 7 nitrogen and oxygen atoms in total. The molecule has 2 aromatic rings. The number of piperazine rings is 1. The van der Waals surface area contributed by atoms with E-state index in [0.717, 1.165) is 12.1 Å². The van der Waals surface area contributed by atoms with Crippen molar-refractivity contribution in [1.82, 2.24) is 15.3 Å². The quantitative estimate of drug-likeness (QED) is 0.788. The van der Waals surface area contributed by atoms with Crippen molar-refractivity contribution in [3.8, 4) is 11.3 Å². The van der Waals surface area contributed by atoms with E-state index in [0.29, 0.717) is 37.3 Å². The number of aromatic nitrogens is 2. The van der Waals surface area contributed by atoms with E-state index < -0.39 is 17.8 Å². The van der Waals surface area contributed by atoms with Crippen molar-refractivity contribution < 1.29 is 22.7 Å². The van der Waals surface area contributed by atoms with Crippen LogP contribution < -0.4 is 15.5 Å². The number of anilines is 2. The van der Waals surface area contributed by atoms with Gasteiger partial charge in [-0.25, -0.2) is 14.8 Å². The lowest BCUT2D eigenvalue weighted by molar-refractivity contribution is -0.137. The molecule has 1 saturated heterocycles. The van der Waals surface area contributed by atoms with E-state index in [2.05, 4.69) is 20.6 Å². The van der Waals surface area contributed by atoms with Crippen LogP contribution in [0.15, 0.2) is 24.4 Å². The van der Waals surface area contributed by atoms with Gasteiger partial charge in [0.1, 0.15) is 18.2 Å². The standard InChI is InChI=1S/C17H16F3N5O2.C2H6/c18-17(19,20)10-7-13(23-14(8-10)25-5-3-21-4-6-25)11-1-2-22-15-12(11)9-27-16(26)24-15;1-2/h1-2,7-8,21H,3-6,9H2,(H,22,24,26);1-2H3. The average molecular weight is 409 g/mol. The summed E-state index contributed by atoms with van der Waals surface area (Å²) in [5.74, 6) is 0.541. The van der Waals surface area contributed by atoms with Gasteiger partial charge in [-0.15, -0.1) is 0 Å². The maximum atomic E-state index is 13.5. The fourth-order valence-corrected chi connectivity index (χ4v) is 3.13. The fourth-order valence-electron chi connectivity index (χ4n) is 3.13. The molecule has 10 heteroatoms. The highest BCUT2D eigenvalue weighted by Crippen LogP contribution is 2.36. The highest BCUT2D eigenvalue weighted by molar-refractivity contribution is 5.88. The predicted molar refractivity (Wildman–Crippen MR) is 103 cm³/mol. The Morgan fingerprint density at radius 3 is 2.59 bits per heavy atom. The molecular formula is C19H22F3N5O2. The van der Waals surface area contributed by atoms with Gasteiger partial charge in [0.25, 0.3) is 0 Å². The van der Waals surface area contributed by atoms with Crippen molar-refractivity contribution >= 4 is 17.7 Å². The number of nitrogens with zero attached hydrogens (tertiary/aromatic N) is 3. The Hall–Kier alpha value is -2.88. The minimum atomic E-state index is -4.50. The zero-order chi connectivity index (χ0) is 21.0. The number of rotatable bonds is 2. The van der Waals surface area contributed by atoms with Gasteiger partial charge >= 0.3 is 12.3 Å². The number of amides is 1. The molecule has 4 heterocycles. The molecule has 2 aromatic heterocycles. The third-order valence-corrected chi connectivity index (χ3v) is 4.48. The van der Waals surface area contributed by atoms with Crippen LogP contribution in [-0.4, -0.2) is 42.2 Å². The van der Waals surface area contributed by atoms with Gasteiger partial charge in [-0.2, -0.15) is 13.2 Å². The summed E-state index contributed by atoms with van der Waals surface area (Å²) in [4.78, 5) is 21.7. The van der Waals surface area contributed by atoms with E-state index in [1.807, 2.05) is 18.7 Å². The number of alkyl halides is 3. The fraction of sp³-hybridized carbons (Fsp3) is 0.421. The lowest BCUT2D eigenvalue weighted by Gasteiger charge is -2.29. The molecule has 0 aromatic carbocycles. The summed E-state index contributed by atoms with van der Waals surface area (Å²) in [6, 6.07) is 3.65. The molecule has 1 amide bonds. The van der Waals surface area contributed by atoms with E-state index in [1.54, 1.807) is 6.07 Å². The zero-order valence-corrected chi connectivity index (χ0v) is 16.1. The molecule has 4 rings (SSSR count). The minimum absolute atomic E-state index is 0.0781. The highest BCUT2D eigenvalue weighted by atomic mass is 19.4. The van der Waals surface area contributed by atoms with Gasteiger partial charge in [-0.1, -0.05) is 13.8 Å². The molecule has 156 valence electrons. The maximum absolute atomic E-state index is 13.5. The van der Waals surface area contributed by atoms with Crippen LogP contribution in [0.1, 0.15) is 25.0 Å². The number of fused-ring (bicyclic) bond motifs is 1. The molecule has 0 spiro atoms. The van der Waals surface area contributed by atoms with Crippen LogP contribution in [-0.2, 0) is 17.5 Å². The van der Waals surface area contributed by atoms with Gasteiger partial charge in [-0.05, 0) is 18.2 Å². The van der Waals surface area contributed by atoms with Gasteiger partial charge in [0.15, 0.2) is 0 Å². The van der Waals surface area contributed by atoms with Crippen molar-refractivity contribution in [3.05, 3.63) is 35.5 Å². The number of carbonyl (C=O) groups excluding carboxylic acids is 1. The maximum Gasteiger partial charge on any atom is 0.416 e. The summed E-state index contributed by atoms with van der Waals surface area (Å²) in [6.07, 6.45) is -3.73.